The summed E-state index contributed by atoms with van der Waals surface area (Å²) in [6.45, 7) is 3.25. The van der Waals surface area contributed by atoms with Crippen molar-refractivity contribution in [1.82, 2.24) is 0 Å². The molecule has 4 heteroatoms. The topological polar surface area (TPSA) is 40.5 Å². The van der Waals surface area contributed by atoms with Gasteiger partial charge in [-0.25, -0.2) is 4.79 Å². The van der Waals surface area contributed by atoms with Crippen molar-refractivity contribution in [2.24, 2.45) is 0 Å². The third-order valence-corrected chi connectivity index (χ3v) is 4.10. The quantitative estimate of drug-likeness (QED) is 0.846. The van der Waals surface area contributed by atoms with E-state index >= 15 is 0 Å². The van der Waals surface area contributed by atoms with Crippen molar-refractivity contribution in [1.29, 1.82) is 0 Å². The number of piperidine rings is 1. The van der Waals surface area contributed by atoms with Crippen molar-refractivity contribution in [3.63, 3.8) is 0 Å². The second-order valence-electron chi connectivity index (χ2n) is 5.13. The molecular formula is C16H20ClNO2. The Bertz CT molecular complexity index is 513. The van der Waals surface area contributed by atoms with Crippen LogP contribution in [0.25, 0.3) is 6.08 Å². The normalized spacial score (nSPS) is 19.5. The highest BCUT2D eigenvalue weighted by Crippen LogP contribution is 2.33. The van der Waals surface area contributed by atoms with Crippen LogP contribution in [0, 0.1) is 0 Å². The van der Waals surface area contributed by atoms with Gasteiger partial charge >= 0.3 is 5.97 Å². The molecule has 1 aliphatic heterocycles. The molecule has 20 heavy (non-hydrogen) atoms. The zero-order chi connectivity index (χ0) is 14.5. The highest BCUT2D eigenvalue weighted by atomic mass is 35.5. The highest BCUT2D eigenvalue weighted by Gasteiger charge is 2.22. The lowest BCUT2D eigenvalue weighted by atomic mass is 9.99. The van der Waals surface area contributed by atoms with E-state index in [4.69, 9.17) is 16.7 Å². The van der Waals surface area contributed by atoms with Crippen molar-refractivity contribution < 1.29 is 9.90 Å². The van der Waals surface area contributed by atoms with E-state index in [1.165, 1.54) is 19.3 Å². The van der Waals surface area contributed by atoms with E-state index in [0.29, 0.717) is 11.1 Å². The van der Waals surface area contributed by atoms with Crippen molar-refractivity contribution >= 4 is 29.3 Å². The maximum Gasteiger partial charge on any atom is 0.328 e. The molecule has 1 fully saturated rings. The van der Waals surface area contributed by atoms with E-state index in [1.807, 2.05) is 18.2 Å². The van der Waals surface area contributed by atoms with Crippen LogP contribution in [-0.2, 0) is 4.79 Å². The molecule has 2 rings (SSSR count). The summed E-state index contributed by atoms with van der Waals surface area (Å²) in [5.74, 6) is -0.952. The summed E-state index contributed by atoms with van der Waals surface area (Å²) in [5.41, 5.74) is 1.87. The molecule has 0 bridgehead atoms. The van der Waals surface area contributed by atoms with Crippen LogP contribution in [0.1, 0.15) is 38.2 Å². The number of benzene rings is 1. The Morgan fingerprint density at radius 3 is 2.95 bits per heavy atom. The molecule has 0 aliphatic carbocycles. The maximum absolute atomic E-state index is 10.5. The van der Waals surface area contributed by atoms with Crippen LogP contribution >= 0.6 is 11.6 Å². The zero-order valence-corrected chi connectivity index (χ0v) is 12.4. The largest absolute Gasteiger partial charge is 0.478 e. The number of halogens is 1. The van der Waals surface area contributed by atoms with Gasteiger partial charge in [0.25, 0.3) is 0 Å². The van der Waals surface area contributed by atoms with Crippen LogP contribution in [0.5, 0.6) is 0 Å². The molecule has 1 atom stereocenters. The van der Waals surface area contributed by atoms with Crippen molar-refractivity contribution in [2.75, 3.05) is 11.4 Å². The Labute approximate surface area is 124 Å². The van der Waals surface area contributed by atoms with Gasteiger partial charge in [-0.3, -0.25) is 0 Å². The van der Waals surface area contributed by atoms with Crippen LogP contribution in [-0.4, -0.2) is 23.7 Å². The van der Waals surface area contributed by atoms with Gasteiger partial charge < -0.3 is 10.0 Å². The van der Waals surface area contributed by atoms with E-state index in [0.717, 1.165) is 30.3 Å². The van der Waals surface area contributed by atoms with E-state index in [1.54, 1.807) is 6.08 Å². The molecule has 1 unspecified atom stereocenters. The third kappa shape index (κ3) is 3.54. The highest BCUT2D eigenvalue weighted by molar-refractivity contribution is 6.33. The monoisotopic (exact) mass is 293 g/mol. The number of nitrogens with zero attached hydrogens (tertiary/aromatic N) is 1. The van der Waals surface area contributed by atoms with Gasteiger partial charge in [-0.15, -0.1) is 0 Å². The number of rotatable bonds is 4. The molecule has 1 N–H and O–H groups in total. The Morgan fingerprint density at radius 2 is 2.30 bits per heavy atom. The zero-order valence-electron chi connectivity index (χ0n) is 11.7. The number of aliphatic carboxylic acids is 1. The average molecular weight is 294 g/mol. The molecule has 1 aliphatic rings. The van der Waals surface area contributed by atoms with Crippen LogP contribution < -0.4 is 4.90 Å². The Morgan fingerprint density at radius 1 is 1.50 bits per heavy atom. The summed E-state index contributed by atoms with van der Waals surface area (Å²) in [6.07, 6.45) is 7.51. The van der Waals surface area contributed by atoms with E-state index in [9.17, 15) is 4.79 Å². The molecule has 0 amide bonds. The van der Waals surface area contributed by atoms with Gasteiger partial charge in [0, 0.05) is 18.7 Å². The number of carbonyl (C=O) groups is 1. The molecule has 0 spiro atoms. The molecule has 1 aromatic rings. The van der Waals surface area contributed by atoms with E-state index < -0.39 is 5.97 Å². The molecule has 0 radical (unpaired) electrons. The van der Waals surface area contributed by atoms with Crippen molar-refractivity contribution in [3.05, 3.63) is 34.9 Å². The molecule has 3 nitrogen and oxygen atoms in total. The molecule has 1 saturated heterocycles. The first-order valence-electron chi connectivity index (χ1n) is 7.09. The number of carboxylic acids is 1. The summed E-state index contributed by atoms with van der Waals surface area (Å²) in [5, 5.41) is 9.33. The maximum atomic E-state index is 10.5. The first-order valence-corrected chi connectivity index (χ1v) is 7.47. The minimum Gasteiger partial charge on any atom is -0.478 e. The summed E-state index contributed by atoms with van der Waals surface area (Å²) in [6, 6.07) is 6.30. The number of hydrogen-bond acceptors (Lipinski definition) is 2. The van der Waals surface area contributed by atoms with Gasteiger partial charge in [0.1, 0.15) is 0 Å². The summed E-state index contributed by atoms with van der Waals surface area (Å²) in [4.78, 5) is 12.9. The Balaban J connectivity index is 2.22. The summed E-state index contributed by atoms with van der Waals surface area (Å²) < 4.78 is 0. The molecule has 1 heterocycles. The van der Waals surface area contributed by atoms with Crippen LogP contribution in [0.15, 0.2) is 24.3 Å². The fraction of sp³-hybridized carbons (Fsp3) is 0.438. The van der Waals surface area contributed by atoms with Gasteiger partial charge in [-0.1, -0.05) is 24.6 Å². The summed E-state index contributed by atoms with van der Waals surface area (Å²) >= 11 is 6.38. The average Bonchev–Trinajstić information content (AvgIpc) is 2.45. The fourth-order valence-electron chi connectivity index (χ4n) is 2.77. The molecular weight excluding hydrogens is 274 g/mol. The lowest BCUT2D eigenvalue weighted by Gasteiger charge is -2.37. The van der Waals surface area contributed by atoms with Crippen LogP contribution in [0.4, 0.5) is 5.69 Å². The minimum atomic E-state index is -0.952. The predicted molar refractivity (Wildman–Crippen MR) is 83.4 cm³/mol. The predicted octanol–water partition coefficient (Wildman–Crippen LogP) is 4.21. The fourth-order valence-corrected chi connectivity index (χ4v) is 3.07. The lowest BCUT2D eigenvalue weighted by molar-refractivity contribution is -0.131. The summed E-state index contributed by atoms with van der Waals surface area (Å²) in [7, 11) is 0. The Kier molecular flexibility index (Phi) is 5.07. The minimum absolute atomic E-state index is 0.557. The second kappa shape index (κ2) is 6.80. The van der Waals surface area contributed by atoms with Crippen molar-refractivity contribution in [3.8, 4) is 0 Å². The molecule has 0 saturated carbocycles. The standard InChI is InChI=1S/C16H20ClNO2/c1-2-13-5-3-4-10-18(13)15-8-6-12(11-14(15)17)7-9-16(19)20/h6-9,11,13H,2-5,10H2,1H3,(H,19,20)/b9-7+. The SMILES string of the molecule is CCC1CCCCN1c1ccc(/C=C/C(=O)O)cc1Cl. The Hall–Kier alpha value is -1.48. The van der Waals surface area contributed by atoms with Gasteiger partial charge in [-0.2, -0.15) is 0 Å². The molecule has 108 valence electrons. The van der Waals surface area contributed by atoms with Crippen LogP contribution in [0.2, 0.25) is 5.02 Å². The molecule has 0 aromatic heterocycles. The second-order valence-corrected chi connectivity index (χ2v) is 5.54. The first kappa shape index (κ1) is 14.9. The van der Waals surface area contributed by atoms with Gasteiger partial charge in [0.15, 0.2) is 0 Å². The number of anilines is 1. The van der Waals surface area contributed by atoms with Gasteiger partial charge in [-0.05, 0) is 49.5 Å². The van der Waals surface area contributed by atoms with Crippen LogP contribution in [0.3, 0.4) is 0 Å². The number of carboxylic acid groups (broad SMARTS) is 1. The third-order valence-electron chi connectivity index (χ3n) is 3.80. The van der Waals surface area contributed by atoms with E-state index in [-0.39, 0.29) is 0 Å². The molecule has 1 aromatic carbocycles. The smallest absolute Gasteiger partial charge is 0.328 e. The van der Waals surface area contributed by atoms with Crippen molar-refractivity contribution in [2.45, 2.75) is 38.6 Å². The van der Waals surface area contributed by atoms with E-state index in [2.05, 4.69) is 11.8 Å². The van der Waals surface area contributed by atoms with Gasteiger partial charge in [0.05, 0.1) is 10.7 Å². The first-order chi connectivity index (χ1) is 9.61. The lowest BCUT2D eigenvalue weighted by Crippen LogP contribution is -2.39. The van der Waals surface area contributed by atoms with Gasteiger partial charge in [0.2, 0.25) is 0 Å². The number of hydrogen-bond donors (Lipinski definition) is 1.